The molecule has 0 aliphatic heterocycles. The van der Waals surface area contributed by atoms with E-state index < -0.39 is 0 Å². The van der Waals surface area contributed by atoms with Crippen molar-refractivity contribution < 1.29 is 0 Å². The van der Waals surface area contributed by atoms with Crippen molar-refractivity contribution in [3.8, 4) is 22.6 Å². The summed E-state index contributed by atoms with van der Waals surface area (Å²) in [6.45, 7) is 5.47. The summed E-state index contributed by atoms with van der Waals surface area (Å²) in [7, 11) is 0. The Hall–Kier alpha value is -3.56. The smallest absolute Gasteiger partial charge is 0.130 e. The number of hydrogen-bond donors (Lipinski definition) is 0. The van der Waals surface area contributed by atoms with Gasteiger partial charge in [0.1, 0.15) is 28.7 Å². The summed E-state index contributed by atoms with van der Waals surface area (Å²) in [5, 5.41) is 19.6. The van der Waals surface area contributed by atoms with Gasteiger partial charge in [-0.05, 0) is 24.1 Å². The molecule has 0 aliphatic rings. The number of thiophene rings is 2. The van der Waals surface area contributed by atoms with E-state index in [0.29, 0.717) is 5.92 Å². The fourth-order valence-electron chi connectivity index (χ4n) is 4.45. The van der Waals surface area contributed by atoms with Crippen LogP contribution in [0.4, 0.5) is 0 Å². The number of benzene rings is 2. The van der Waals surface area contributed by atoms with Crippen LogP contribution in [0.3, 0.4) is 0 Å². The minimum atomic E-state index is 0.0544. The highest BCUT2D eigenvalue weighted by Gasteiger charge is 2.21. The van der Waals surface area contributed by atoms with Crippen LogP contribution in [0.5, 0.6) is 0 Å². The molecule has 0 saturated heterocycles. The molecule has 164 valence electrons. The van der Waals surface area contributed by atoms with Gasteiger partial charge in [-0.2, -0.15) is 19.3 Å². The first kappa shape index (κ1) is 21.0. The Kier molecular flexibility index (Phi) is 4.96. The van der Waals surface area contributed by atoms with Crippen molar-refractivity contribution >= 4 is 82.0 Å². The van der Waals surface area contributed by atoms with Crippen molar-refractivity contribution in [2.45, 2.75) is 20.4 Å². The van der Waals surface area contributed by atoms with E-state index in [9.17, 15) is 0 Å². The zero-order chi connectivity index (χ0) is 23.4. The maximum atomic E-state index is 9.15. The summed E-state index contributed by atoms with van der Waals surface area (Å²) in [5.41, 5.74) is 5.95. The normalized spacial score (nSPS) is 11.6. The molecule has 0 aliphatic carbocycles. The second-order valence-corrected chi connectivity index (χ2v) is 11.2. The average molecular weight is 496 g/mol. The second-order valence-electron chi connectivity index (χ2n) is 8.55. The molecule has 0 bridgehead atoms. The lowest BCUT2D eigenvalue weighted by Crippen LogP contribution is -2.03. The standard InChI is InChI=1S/C26H17N5S3/c1-14(2)13-31-19-10-21(33-25(19)26-24(31)18-5-3-4-6-20(18)32-26)17-8-7-16(9-15(11-27)12-28)22-23(17)30-34-29-22/h3-10,14H,13H2,1-2H3. The van der Waals surface area contributed by atoms with E-state index in [4.69, 9.17) is 10.5 Å². The predicted molar refractivity (Wildman–Crippen MR) is 143 cm³/mol. The van der Waals surface area contributed by atoms with E-state index in [0.717, 1.165) is 45.3 Å². The molecule has 0 radical (unpaired) electrons. The SMILES string of the molecule is CC(C)Cn1c2cc(-c3ccc(C=C(C#N)C#N)c4nsnc34)sc2c2sc3ccccc3c21. The minimum absolute atomic E-state index is 0.0544. The van der Waals surface area contributed by atoms with E-state index in [-0.39, 0.29) is 5.57 Å². The summed E-state index contributed by atoms with van der Waals surface area (Å²) in [6.07, 6.45) is 1.58. The van der Waals surface area contributed by atoms with Gasteiger partial charge in [0.05, 0.1) is 32.2 Å². The van der Waals surface area contributed by atoms with E-state index in [1.54, 1.807) is 17.4 Å². The molecule has 0 spiro atoms. The van der Waals surface area contributed by atoms with Gasteiger partial charge in [-0.1, -0.05) is 44.2 Å². The summed E-state index contributed by atoms with van der Waals surface area (Å²) >= 11 is 4.81. The number of hydrogen-bond acceptors (Lipinski definition) is 7. The Bertz CT molecular complexity index is 1830. The molecule has 6 aromatic rings. The van der Waals surface area contributed by atoms with Crippen LogP contribution in [0.15, 0.2) is 48.0 Å². The molecule has 4 heterocycles. The molecule has 4 aromatic heterocycles. The van der Waals surface area contributed by atoms with Crippen molar-refractivity contribution in [3.05, 3.63) is 53.6 Å². The van der Waals surface area contributed by atoms with Gasteiger partial charge in [-0.3, -0.25) is 0 Å². The van der Waals surface area contributed by atoms with Gasteiger partial charge in [-0.25, -0.2) is 0 Å². The highest BCUT2D eigenvalue weighted by molar-refractivity contribution is 7.32. The maximum absolute atomic E-state index is 9.15. The molecule has 0 atom stereocenters. The topological polar surface area (TPSA) is 78.3 Å². The van der Waals surface area contributed by atoms with Gasteiger partial charge in [0, 0.05) is 32.6 Å². The number of nitrogens with zero attached hydrogens (tertiary/aromatic N) is 5. The fraction of sp³-hybridized carbons (Fsp3) is 0.154. The molecular formula is C26H17N5S3. The molecule has 34 heavy (non-hydrogen) atoms. The van der Waals surface area contributed by atoms with Crippen LogP contribution in [0.1, 0.15) is 19.4 Å². The summed E-state index contributed by atoms with van der Waals surface area (Å²) in [4.78, 5) is 1.15. The Labute approximate surface area is 207 Å². The zero-order valence-corrected chi connectivity index (χ0v) is 20.8. The molecule has 0 saturated carbocycles. The largest absolute Gasteiger partial charge is 0.338 e. The van der Waals surface area contributed by atoms with Crippen LogP contribution in [0, 0.1) is 28.6 Å². The lowest BCUT2D eigenvalue weighted by Gasteiger charge is -2.09. The van der Waals surface area contributed by atoms with Crippen molar-refractivity contribution in [2.75, 3.05) is 0 Å². The molecule has 0 N–H and O–H groups in total. The van der Waals surface area contributed by atoms with Crippen molar-refractivity contribution in [2.24, 2.45) is 5.92 Å². The lowest BCUT2D eigenvalue weighted by molar-refractivity contribution is 0.546. The number of aromatic nitrogens is 3. The molecule has 2 aromatic carbocycles. The summed E-state index contributed by atoms with van der Waals surface area (Å²) < 4.78 is 15.5. The van der Waals surface area contributed by atoms with Crippen LogP contribution in [0.25, 0.3) is 58.1 Å². The van der Waals surface area contributed by atoms with Gasteiger partial charge in [-0.15, -0.1) is 22.7 Å². The maximum Gasteiger partial charge on any atom is 0.130 e. The summed E-state index contributed by atoms with van der Waals surface area (Å²) in [6, 6.07) is 18.7. The number of nitriles is 2. The third-order valence-electron chi connectivity index (χ3n) is 5.85. The van der Waals surface area contributed by atoms with Gasteiger partial charge < -0.3 is 4.57 Å². The Morgan fingerprint density at radius 1 is 1.03 bits per heavy atom. The fourth-order valence-corrected chi connectivity index (χ4v) is 7.57. The van der Waals surface area contributed by atoms with E-state index >= 15 is 0 Å². The van der Waals surface area contributed by atoms with Crippen LogP contribution in [-0.4, -0.2) is 13.3 Å². The Balaban J connectivity index is 1.60. The number of fused-ring (bicyclic) bond motifs is 6. The first-order chi connectivity index (χ1) is 16.6. The highest BCUT2D eigenvalue weighted by atomic mass is 32.1. The molecule has 0 fully saturated rings. The minimum Gasteiger partial charge on any atom is -0.338 e. The monoisotopic (exact) mass is 495 g/mol. The molecule has 0 unspecified atom stereocenters. The van der Waals surface area contributed by atoms with Crippen LogP contribution < -0.4 is 0 Å². The Morgan fingerprint density at radius 2 is 1.82 bits per heavy atom. The number of rotatable bonds is 4. The van der Waals surface area contributed by atoms with Crippen molar-refractivity contribution in [1.82, 2.24) is 13.3 Å². The van der Waals surface area contributed by atoms with Crippen LogP contribution in [-0.2, 0) is 6.54 Å². The van der Waals surface area contributed by atoms with Gasteiger partial charge >= 0.3 is 0 Å². The third kappa shape index (κ3) is 3.15. The molecule has 8 heteroatoms. The number of allylic oxidation sites excluding steroid dienone is 1. The average Bonchev–Trinajstić information content (AvgIpc) is 3.60. The third-order valence-corrected chi connectivity index (χ3v) is 8.86. The predicted octanol–water partition coefficient (Wildman–Crippen LogP) is 7.83. The van der Waals surface area contributed by atoms with E-state index in [1.807, 2.05) is 35.6 Å². The molecule has 5 nitrogen and oxygen atoms in total. The quantitative estimate of drug-likeness (QED) is 0.233. The molecule has 0 amide bonds. The van der Waals surface area contributed by atoms with E-state index in [1.165, 1.54) is 30.5 Å². The van der Waals surface area contributed by atoms with E-state index in [2.05, 4.69) is 57.5 Å². The summed E-state index contributed by atoms with van der Waals surface area (Å²) in [5.74, 6) is 0.524. The van der Waals surface area contributed by atoms with Crippen LogP contribution >= 0.6 is 34.4 Å². The molecule has 6 rings (SSSR count). The lowest BCUT2D eigenvalue weighted by atomic mass is 10.1. The first-order valence-corrected chi connectivity index (χ1v) is 13.2. The molecular weight excluding hydrogens is 479 g/mol. The second kappa shape index (κ2) is 8.03. The van der Waals surface area contributed by atoms with Gasteiger partial charge in [0.15, 0.2) is 0 Å². The first-order valence-electron chi connectivity index (χ1n) is 10.8. The van der Waals surface area contributed by atoms with Crippen molar-refractivity contribution in [1.29, 1.82) is 10.5 Å². The highest BCUT2D eigenvalue weighted by Crippen LogP contribution is 2.47. The van der Waals surface area contributed by atoms with Gasteiger partial charge in [0.2, 0.25) is 0 Å². The Morgan fingerprint density at radius 3 is 2.62 bits per heavy atom. The zero-order valence-electron chi connectivity index (χ0n) is 18.4. The van der Waals surface area contributed by atoms with Gasteiger partial charge in [0.25, 0.3) is 0 Å². The van der Waals surface area contributed by atoms with Crippen molar-refractivity contribution in [3.63, 3.8) is 0 Å². The van der Waals surface area contributed by atoms with Crippen LogP contribution in [0.2, 0.25) is 0 Å².